The number of aryl methyl sites for hydroxylation is 1. The van der Waals surface area contributed by atoms with E-state index in [0.717, 1.165) is 11.3 Å². The third-order valence-electron chi connectivity index (χ3n) is 4.34. The molecule has 0 amide bonds. The predicted octanol–water partition coefficient (Wildman–Crippen LogP) is 5.74. The molecule has 0 bridgehead atoms. The molecule has 6 nitrogen and oxygen atoms in total. The largest absolute Gasteiger partial charge is 0.573 e. The number of rotatable bonds is 7. The lowest BCUT2D eigenvalue weighted by Crippen LogP contribution is -2.17. The van der Waals surface area contributed by atoms with Crippen molar-refractivity contribution in [3.05, 3.63) is 66.0 Å². The Morgan fingerprint density at radius 2 is 1.71 bits per heavy atom. The Kier molecular flexibility index (Phi) is 6.84. The molecular weight excluding hydrogens is 407 g/mol. The van der Waals surface area contributed by atoms with E-state index in [1.807, 2.05) is 43.3 Å². The quantitative estimate of drug-likeness (QED) is 0.449. The van der Waals surface area contributed by atoms with E-state index in [2.05, 4.69) is 24.9 Å². The minimum Gasteiger partial charge on any atom is -0.405 e. The number of anilines is 1. The molecule has 0 atom stereocenters. The third kappa shape index (κ3) is 6.50. The number of ether oxygens (including phenoxy) is 1. The first-order valence-electron chi connectivity index (χ1n) is 9.56. The molecule has 9 heteroatoms. The number of azo groups is 1. The summed E-state index contributed by atoms with van der Waals surface area (Å²) in [4.78, 5) is 10.5. The molecule has 0 saturated heterocycles. The van der Waals surface area contributed by atoms with Crippen molar-refractivity contribution in [2.75, 3.05) is 25.5 Å². The fourth-order valence-corrected chi connectivity index (χ4v) is 2.90. The molecule has 2 aromatic carbocycles. The number of alkyl halides is 3. The molecule has 0 fully saturated rings. The van der Waals surface area contributed by atoms with E-state index in [9.17, 15) is 13.2 Å². The van der Waals surface area contributed by atoms with Crippen LogP contribution >= 0.6 is 0 Å². The van der Waals surface area contributed by atoms with Gasteiger partial charge < -0.3 is 9.64 Å². The summed E-state index contributed by atoms with van der Waals surface area (Å²) in [7, 11) is 3.96. The van der Waals surface area contributed by atoms with Crippen LogP contribution in [0.1, 0.15) is 11.4 Å². The van der Waals surface area contributed by atoms with Gasteiger partial charge in [0, 0.05) is 31.4 Å². The zero-order valence-electron chi connectivity index (χ0n) is 17.4. The molecule has 0 N–H and O–H groups in total. The molecular formula is C22H22F3N5O. The molecule has 0 aliphatic heterocycles. The number of para-hydroxylation sites is 1. The molecule has 0 aliphatic carbocycles. The number of halogens is 3. The minimum absolute atomic E-state index is 0.197. The van der Waals surface area contributed by atoms with Gasteiger partial charge in [-0.15, -0.1) is 18.3 Å². The molecule has 0 radical (unpaired) electrons. The lowest BCUT2D eigenvalue weighted by Gasteiger charge is -2.13. The summed E-state index contributed by atoms with van der Waals surface area (Å²) >= 11 is 0. The first kappa shape index (κ1) is 22.2. The SMILES string of the molecule is Cc1nc(N=NCCc2ccc(N(C)C)cc2)cc(-c2ccccc2OC(F)(F)F)n1. The highest BCUT2D eigenvalue weighted by molar-refractivity contribution is 5.68. The summed E-state index contributed by atoms with van der Waals surface area (Å²) in [5, 5.41) is 8.29. The Hall–Kier alpha value is -3.49. The van der Waals surface area contributed by atoms with Gasteiger partial charge in [0.05, 0.1) is 12.2 Å². The van der Waals surface area contributed by atoms with Crippen LogP contribution in [-0.4, -0.2) is 37.0 Å². The van der Waals surface area contributed by atoms with Gasteiger partial charge in [-0.05, 0) is 43.2 Å². The van der Waals surface area contributed by atoms with Gasteiger partial charge >= 0.3 is 6.36 Å². The molecule has 3 rings (SSSR count). The van der Waals surface area contributed by atoms with Crippen LogP contribution in [0.3, 0.4) is 0 Å². The van der Waals surface area contributed by atoms with Crippen molar-refractivity contribution in [2.24, 2.45) is 10.2 Å². The standard InChI is InChI=1S/C22H22F3N5O/c1-15-27-19(18-6-4-5-7-20(18)31-22(23,24)25)14-21(28-15)29-26-13-12-16-8-10-17(11-9-16)30(2)3/h4-11,14H,12-13H2,1-3H3. The van der Waals surface area contributed by atoms with Crippen molar-refractivity contribution < 1.29 is 17.9 Å². The topological polar surface area (TPSA) is 63.0 Å². The van der Waals surface area contributed by atoms with Crippen LogP contribution in [-0.2, 0) is 6.42 Å². The van der Waals surface area contributed by atoms with Crippen molar-refractivity contribution in [1.29, 1.82) is 0 Å². The second-order valence-electron chi connectivity index (χ2n) is 6.98. The maximum Gasteiger partial charge on any atom is 0.573 e. The fourth-order valence-electron chi connectivity index (χ4n) is 2.90. The molecule has 3 aromatic rings. The molecule has 0 aliphatic rings. The van der Waals surface area contributed by atoms with Gasteiger partial charge in [-0.25, -0.2) is 9.97 Å². The molecule has 0 unspecified atom stereocenters. The van der Waals surface area contributed by atoms with E-state index in [1.165, 1.54) is 24.3 Å². The number of aromatic nitrogens is 2. The number of hydrogen-bond donors (Lipinski definition) is 0. The van der Waals surface area contributed by atoms with Gasteiger partial charge in [-0.3, -0.25) is 0 Å². The summed E-state index contributed by atoms with van der Waals surface area (Å²) in [6.45, 7) is 2.09. The van der Waals surface area contributed by atoms with Crippen molar-refractivity contribution in [1.82, 2.24) is 9.97 Å². The van der Waals surface area contributed by atoms with Crippen molar-refractivity contribution in [3.63, 3.8) is 0 Å². The zero-order chi connectivity index (χ0) is 22.4. The first-order valence-corrected chi connectivity index (χ1v) is 9.56. The van der Waals surface area contributed by atoms with Crippen LogP contribution in [0, 0.1) is 6.92 Å². The number of hydrogen-bond acceptors (Lipinski definition) is 6. The van der Waals surface area contributed by atoms with Crippen LogP contribution < -0.4 is 9.64 Å². The highest BCUT2D eigenvalue weighted by Crippen LogP contribution is 2.33. The van der Waals surface area contributed by atoms with Crippen LogP contribution in [0.4, 0.5) is 24.7 Å². The van der Waals surface area contributed by atoms with Crippen LogP contribution in [0.15, 0.2) is 64.8 Å². The minimum atomic E-state index is -4.80. The number of benzene rings is 2. The maximum absolute atomic E-state index is 12.7. The lowest BCUT2D eigenvalue weighted by molar-refractivity contribution is -0.274. The molecule has 162 valence electrons. The van der Waals surface area contributed by atoms with Gasteiger partial charge in [0.25, 0.3) is 0 Å². The Bertz CT molecular complexity index is 1050. The van der Waals surface area contributed by atoms with E-state index < -0.39 is 6.36 Å². The highest BCUT2D eigenvalue weighted by atomic mass is 19.4. The average molecular weight is 429 g/mol. The summed E-state index contributed by atoms with van der Waals surface area (Å²) in [5.74, 6) is 0.303. The Balaban J connectivity index is 1.73. The Morgan fingerprint density at radius 1 is 1.00 bits per heavy atom. The van der Waals surface area contributed by atoms with Gasteiger partial charge in [0.2, 0.25) is 0 Å². The van der Waals surface area contributed by atoms with Gasteiger partial charge in [-0.1, -0.05) is 24.3 Å². The second-order valence-corrected chi connectivity index (χ2v) is 6.98. The van der Waals surface area contributed by atoms with E-state index >= 15 is 0 Å². The average Bonchev–Trinajstić information content (AvgIpc) is 2.70. The Labute approximate surface area is 178 Å². The smallest absolute Gasteiger partial charge is 0.405 e. The van der Waals surface area contributed by atoms with E-state index in [4.69, 9.17) is 0 Å². The molecule has 0 spiro atoms. The van der Waals surface area contributed by atoms with Crippen LogP contribution in [0.5, 0.6) is 5.75 Å². The van der Waals surface area contributed by atoms with Crippen LogP contribution in [0.25, 0.3) is 11.3 Å². The van der Waals surface area contributed by atoms with Gasteiger partial charge in [0.15, 0.2) is 5.82 Å². The molecule has 31 heavy (non-hydrogen) atoms. The molecule has 1 heterocycles. The third-order valence-corrected chi connectivity index (χ3v) is 4.34. The Morgan fingerprint density at radius 3 is 2.39 bits per heavy atom. The monoisotopic (exact) mass is 429 g/mol. The normalized spacial score (nSPS) is 11.7. The van der Waals surface area contributed by atoms with E-state index in [-0.39, 0.29) is 22.8 Å². The molecule has 0 saturated carbocycles. The van der Waals surface area contributed by atoms with Crippen LogP contribution in [0.2, 0.25) is 0 Å². The fraction of sp³-hybridized carbons (Fsp3) is 0.273. The van der Waals surface area contributed by atoms with Crippen molar-refractivity contribution in [2.45, 2.75) is 19.7 Å². The van der Waals surface area contributed by atoms with E-state index in [0.29, 0.717) is 18.8 Å². The van der Waals surface area contributed by atoms with Gasteiger partial charge in [0.1, 0.15) is 11.6 Å². The highest BCUT2D eigenvalue weighted by Gasteiger charge is 2.32. The van der Waals surface area contributed by atoms with E-state index in [1.54, 1.807) is 13.0 Å². The maximum atomic E-state index is 12.7. The van der Waals surface area contributed by atoms with Crippen molar-refractivity contribution >= 4 is 11.5 Å². The number of nitrogens with zero attached hydrogens (tertiary/aromatic N) is 5. The second kappa shape index (κ2) is 9.55. The summed E-state index contributed by atoms with van der Waals surface area (Å²) in [6, 6.07) is 15.4. The molecule has 1 aromatic heterocycles. The first-order chi connectivity index (χ1) is 14.7. The lowest BCUT2D eigenvalue weighted by atomic mass is 10.1. The van der Waals surface area contributed by atoms with Crippen molar-refractivity contribution in [3.8, 4) is 17.0 Å². The zero-order valence-corrected chi connectivity index (χ0v) is 17.4. The summed E-state index contributed by atoms with van der Waals surface area (Å²) in [6.07, 6.45) is -4.10. The summed E-state index contributed by atoms with van der Waals surface area (Å²) in [5.41, 5.74) is 2.72. The predicted molar refractivity (Wildman–Crippen MR) is 113 cm³/mol. The van der Waals surface area contributed by atoms with Gasteiger partial charge in [-0.2, -0.15) is 5.11 Å². The summed E-state index contributed by atoms with van der Waals surface area (Å²) < 4.78 is 42.3.